The molecule has 0 N–H and O–H groups in total. The van der Waals surface area contributed by atoms with Crippen LogP contribution in [0.2, 0.25) is 0 Å². The van der Waals surface area contributed by atoms with Crippen molar-refractivity contribution in [2.45, 2.75) is 0 Å². The predicted molar refractivity (Wildman–Crippen MR) is 173 cm³/mol. The van der Waals surface area contributed by atoms with Crippen molar-refractivity contribution >= 4 is 43.7 Å². The van der Waals surface area contributed by atoms with Crippen molar-refractivity contribution in [2.75, 3.05) is 0 Å². The Morgan fingerprint density at radius 2 is 0.935 bits per heavy atom. The molecule has 4 aromatic heterocycles. The monoisotopic (exact) mass is 785 g/mol. The first-order chi connectivity index (χ1) is 22.1. The van der Waals surface area contributed by atoms with Gasteiger partial charge in [-0.05, 0) is 22.9 Å². The molecule has 0 amide bonds. The number of hydrogen-bond donors (Lipinski definition) is 0. The van der Waals surface area contributed by atoms with Gasteiger partial charge in [0, 0.05) is 37.4 Å². The second kappa shape index (κ2) is 12.1. The van der Waals surface area contributed by atoms with Crippen LogP contribution in [-0.2, 0) is 35.2 Å². The molecule has 0 aliphatic carbocycles. The molecule has 0 aliphatic rings. The first-order valence-electron chi connectivity index (χ1n) is 14.3. The minimum atomic E-state index is 0. The Bertz CT molecular complexity index is 2300. The van der Waals surface area contributed by atoms with Crippen LogP contribution in [0.4, 0.5) is 0 Å². The first kappa shape index (κ1) is 29.2. The Hall–Kier alpha value is -5.53. The summed E-state index contributed by atoms with van der Waals surface area (Å²) in [6, 6.07) is 32.1. The number of ether oxygens (including phenoxy) is 1. The maximum absolute atomic E-state index is 6.23. The van der Waals surface area contributed by atoms with Gasteiger partial charge in [-0.25, -0.2) is 9.97 Å². The molecular weight excluding hydrogens is 760 g/mol. The van der Waals surface area contributed by atoms with Crippen LogP contribution in [0.3, 0.4) is 0 Å². The Morgan fingerprint density at radius 3 is 1.39 bits per heavy atom. The summed E-state index contributed by atoms with van der Waals surface area (Å²) in [5, 5.41) is 3.96. The summed E-state index contributed by atoms with van der Waals surface area (Å²) in [5.41, 5.74) is 3.34. The fourth-order valence-corrected chi connectivity index (χ4v) is 5.61. The summed E-state index contributed by atoms with van der Waals surface area (Å²) < 4.78 is 25.6. The zero-order valence-electron chi connectivity index (χ0n) is 24.8. The zero-order chi connectivity index (χ0) is 30.3. The molecule has 0 fully saturated rings. The number of hydrogen-bond acceptors (Lipinski definition) is 5. The number of para-hydroxylation sites is 4. The van der Waals surface area contributed by atoms with Crippen molar-refractivity contribution in [1.82, 2.24) is 28.2 Å². The molecule has 9 nitrogen and oxygen atoms in total. The van der Waals surface area contributed by atoms with E-state index >= 15 is 0 Å². The van der Waals surface area contributed by atoms with E-state index in [1.54, 1.807) is 12.5 Å². The third kappa shape index (κ3) is 5.14. The quantitative estimate of drug-likeness (QED) is 0.168. The molecule has 228 valence electrons. The summed E-state index contributed by atoms with van der Waals surface area (Å²) in [6.45, 7) is 0. The fourth-order valence-electron chi connectivity index (χ4n) is 5.61. The van der Waals surface area contributed by atoms with E-state index in [4.69, 9.17) is 23.5 Å². The van der Waals surface area contributed by atoms with Crippen molar-refractivity contribution in [2.24, 2.45) is 14.1 Å². The first-order valence-corrected chi connectivity index (χ1v) is 14.3. The van der Waals surface area contributed by atoms with Gasteiger partial charge in [0.25, 0.3) is 0 Å². The van der Waals surface area contributed by atoms with Crippen molar-refractivity contribution in [3.63, 3.8) is 0 Å². The number of benzene rings is 4. The molecule has 0 spiro atoms. The van der Waals surface area contributed by atoms with Crippen LogP contribution < -0.4 is 4.74 Å². The van der Waals surface area contributed by atoms with Crippen LogP contribution in [0.15, 0.2) is 131 Å². The van der Waals surface area contributed by atoms with Gasteiger partial charge >= 0.3 is 21.1 Å². The molecule has 0 radical (unpaired) electrons. The van der Waals surface area contributed by atoms with Gasteiger partial charge in [0.15, 0.2) is 0 Å². The van der Waals surface area contributed by atoms with E-state index in [9.17, 15) is 0 Å². The molecule has 4 heterocycles. The predicted octanol–water partition coefficient (Wildman–Crippen LogP) is 8.17. The molecule has 0 saturated heterocycles. The SMILES string of the molecule is Cn1cc(Oc2cn(C)c(-n3[c-]coc4ccccc4c4ccccc43)n2)nc1-n1[c-]coc2ccccc2c2ccccc21.[Pt+2]. The van der Waals surface area contributed by atoms with Gasteiger partial charge in [-0.2, -0.15) is 0 Å². The van der Waals surface area contributed by atoms with E-state index in [2.05, 4.69) is 24.5 Å². The average Bonchev–Trinajstić information content (AvgIpc) is 3.60. The van der Waals surface area contributed by atoms with Gasteiger partial charge in [-0.15, -0.1) is 0 Å². The summed E-state index contributed by atoms with van der Waals surface area (Å²) >= 11 is 0. The molecule has 0 unspecified atom stereocenters. The van der Waals surface area contributed by atoms with Crippen molar-refractivity contribution in [3.05, 3.63) is 134 Å². The third-order valence-corrected chi connectivity index (χ3v) is 7.65. The van der Waals surface area contributed by atoms with Crippen molar-refractivity contribution in [3.8, 4) is 23.7 Å². The van der Waals surface area contributed by atoms with Gasteiger partial charge in [-0.1, -0.05) is 108 Å². The van der Waals surface area contributed by atoms with Crippen LogP contribution >= 0.6 is 0 Å². The number of nitrogens with zero attached hydrogens (tertiary/aromatic N) is 6. The van der Waals surface area contributed by atoms with E-state index in [0.717, 1.165) is 43.7 Å². The number of fused-ring (bicyclic) bond motifs is 6. The van der Waals surface area contributed by atoms with Crippen LogP contribution in [0.1, 0.15) is 0 Å². The van der Waals surface area contributed by atoms with Crippen LogP contribution in [0.5, 0.6) is 11.8 Å². The maximum Gasteiger partial charge on any atom is 2.00 e. The van der Waals surface area contributed by atoms with E-state index < -0.39 is 0 Å². The molecule has 0 bridgehead atoms. The smallest absolute Gasteiger partial charge is 0.476 e. The summed E-state index contributed by atoms with van der Waals surface area (Å²) in [5.74, 6) is 1.95. The molecule has 4 aromatic carbocycles. The Labute approximate surface area is 277 Å². The molecular formula is C36H26N6O3Pt. The number of aryl methyl sites for hydroxylation is 2. The molecule has 10 heteroatoms. The minimum absolute atomic E-state index is 0. The minimum Gasteiger partial charge on any atom is -0.476 e. The summed E-state index contributed by atoms with van der Waals surface area (Å²) in [4.78, 5) is 9.64. The number of imidazole rings is 2. The van der Waals surface area contributed by atoms with Crippen LogP contribution in [0, 0.1) is 12.4 Å². The molecule has 0 saturated carbocycles. The standard InChI is InChI=1S/C36H26N6O3.Pt/c1-39-23-33(37-35(39)41-19-21-43-31-17-9-5-13-27(31)25-11-3-7-15-29(25)41)45-34-24-40(2)36(38-34)42-20-22-44-32-18-10-6-14-28(32)26-12-4-8-16-30(26)42;/h3-18,21-24H,1-2H3;/q-2;+2. The molecule has 0 aliphatic heterocycles. The number of rotatable bonds is 4. The van der Waals surface area contributed by atoms with Crippen molar-refractivity contribution in [1.29, 1.82) is 0 Å². The van der Waals surface area contributed by atoms with E-state index in [-0.39, 0.29) is 21.1 Å². The topological polar surface area (TPSA) is 81.0 Å². The average molecular weight is 786 g/mol. The third-order valence-electron chi connectivity index (χ3n) is 7.65. The van der Waals surface area contributed by atoms with Crippen LogP contribution in [-0.4, -0.2) is 28.2 Å². The van der Waals surface area contributed by atoms with Gasteiger partial charge in [0.05, 0.1) is 12.4 Å². The normalized spacial score (nSPS) is 11.1. The second-order valence-electron chi connectivity index (χ2n) is 10.5. The maximum atomic E-state index is 6.23. The van der Waals surface area contributed by atoms with Gasteiger partial charge in [-0.3, -0.25) is 0 Å². The van der Waals surface area contributed by atoms with E-state index in [1.807, 2.05) is 130 Å². The van der Waals surface area contributed by atoms with Gasteiger partial charge in [0.1, 0.15) is 23.1 Å². The van der Waals surface area contributed by atoms with Crippen molar-refractivity contribution < 1.29 is 34.6 Å². The molecule has 8 aromatic rings. The van der Waals surface area contributed by atoms with Gasteiger partial charge < -0.3 is 31.8 Å². The Kier molecular flexibility index (Phi) is 7.68. The van der Waals surface area contributed by atoms with E-state index in [1.165, 1.54) is 0 Å². The molecule has 8 rings (SSSR count). The second-order valence-corrected chi connectivity index (χ2v) is 10.5. The summed E-state index contributed by atoms with van der Waals surface area (Å²) in [6.07, 6.45) is 13.2. The fraction of sp³-hybridized carbons (Fsp3) is 0.0556. The van der Waals surface area contributed by atoms with Gasteiger partial charge in [0.2, 0.25) is 11.8 Å². The van der Waals surface area contributed by atoms with Crippen LogP contribution in [0.25, 0.3) is 55.6 Å². The van der Waals surface area contributed by atoms with E-state index in [0.29, 0.717) is 23.7 Å². The number of aromatic nitrogens is 6. The zero-order valence-corrected chi connectivity index (χ0v) is 27.0. The summed E-state index contributed by atoms with van der Waals surface area (Å²) in [7, 11) is 3.82. The largest absolute Gasteiger partial charge is 2.00 e. The Balaban J connectivity index is 0.00000338. The molecule has 0 atom stereocenters. The molecule has 46 heavy (non-hydrogen) atoms. The Morgan fingerprint density at radius 1 is 0.543 bits per heavy atom.